The van der Waals surface area contributed by atoms with E-state index in [2.05, 4.69) is 64.5 Å². The van der Waals surface area contributed by atoms with E-state index in [0.29, 0.717) is 11.4 Å². The van der Waals surface area contributed by atoms with Gasteiger partial charge in [0.1, 0.15) is 5.82 Å². The number of hydrogen-bond acceptors (Lipinski definition) is 3. The molecule has 0 bridgehead atoms. The molecule has 5 rings (SSSR count). The lowest BCUT2D eigenvalue weighted by Gasteiger charge is -2.19. The lowest BCUT2D eigenvalue weighted by atomic mass is 9.90. The maximum atomic E-state index is 14.2. The zero-order chi connectivity index (χ0) is 24.5. The fraction of sp³-hybridized carbons (Fsp3) is 0.100. The summed E-state index contributed by atoms with van der Waals surface area (Å²) in [5, 5.41) is 2.42. The van der Waals surface area contributed by atoms with Crippen LogP contribution in [-0.4, -0.2) is 26.2 Å². The number of anilines is 1. The molecule has 174 valence electrons. The number of rotatable bonds is 5. The minimum atomic E-state index is -0.465. The van der Waals surface area contributed by atoms with Crippen molar-refractivity contribution in [3.63, 3.8) is 0 Å². The molecule has 0 amide bonds. The van der Waals surface area contributed by atoms with Crippen LogP contribution in [0.15, 0.2) is 91.1 Å². The van der Waals surface area contributed by atoms with Gasteiger partial charge in [-0.05, 0) is 63.4 Å². The third-order valence-electron chi connectivity index (χ3n) is 6.19. The number of halogens is 2. The topological polar surface area (TPSA) is 25.4 Å². The zero-order valence-corrected chi connectivity index (χ0v) is 20.5. The van der Waals surface area contributed by atoms with Crippen molar-refractivity contribution in [2.24, 2.45) is 0 Å². The third kappa shape index (κ3) is 4.33. The molecule has 5 aromatic rings. The average molecular weight is 483 g/mol. The second kappa shape index (κ2) is 9.40. The number of fused-ring (bicyclic) bond motifs is 1. The van der Waals surface area contributed by atoms with Gasteiger partial charge in [-0.3, -0.25) is 0 Å². The second-order valence-electron chi connectivity index (χ2n) is 8.56. The van der Waals surface area contributed by atoms with Crippen LogP contribution in [0.5, 0.6) is 5.88 Å². The number of benzene rings is 4. The largest absolute Gasteiger partial charge is 0.481 e. The molecule has 5 heteroatoms. The predicted molar refractivity (Wildman–Crippen MR) is 144 cm³/mol. The molecule has 1 aromatic heterocycles. The first-order valence-electron chi connectivity index (χ1n) is 11.3. The SMILES string of the molecule is COc1ncc(-c2ccc(Cl)c(F)c2)cc1-c1ccc(N(C)C)cc1-c1cccc2ccccc12. The monoisotopic (exact) mass is 482 g/mol. The van der Waals surface area contributed by atoms with Crippen molar-refractivity contribution in [1.29, 1.82) is 0 Å². The van der Waals surface area contributed by atoms with Crippen LogP contribution in [0.4, 0.5) is 10.1 Å². The molecule has 0 N–H and O–H groups in total. The van der Waals surface area contributed by atoms with E-state index in [1.165, 1.54) is 11.5 Å². The number of aromatic nitrogens is 1. The summed E-state index contributed by atoms with van der Waals surface area (Å²) in [6, 6.07) is 27.8. The fourth-order valence-corrected chi connectivity index (χ4v) is 4.49. The molecule has 0 unspecified atom stereocenters. The first kappa shape index (κ1) is 22.9. The van der Waals surface area contributed by atoms with Gasteiger partial charge in [0.2, 0.25) is 5.88 Å². The molecule has 0 radical (unpaired) electrons. The standard InChI is InChI=1S/C30H24ClFN2O/c1-34(2)22-12-13-25(26(17-22)24-10-6-8-19-7-4-5-9-23(19)24)27-15-21(18-33-30(27)35-3)20-11-14-28(31)29(32)16-20/h4-18H,1-3H3. The van der Waals surface area contributed by atoms with Gasteiger partial charge in [-0.15, -0.1) is 0 Å². The Labute approximate surface area is 209 Å². The Balaban J connectivity index is 1.78. The summed E-state index contributed by atoms with van der Waals surface area (Å²) in [5.41, 5.74) is 6.54. The van der Waals surface area contributed by atoms with Crippen molar-refractivity contribution >= 4 is 28.1 Å². The molecule has 0 saturated heterocycles. The molecule has 4 aromatic carbocycles. The number of nitrogens with zero attached hydrogens (tertiary/aromatic N) is 2. The van der Waals surface area contributed by atoms with Crippen LogP contribution in [0.25, 0.3) is 44.2 Å². The van der Waals surface area contributed by atoms with E-state index in [-0.39, 0.29) is 5.02 Å². The second-order valence-corrected chi connectivity index (χ2v) is 8.97. The minimum Gasteiger partial charge on any atom is -0.481 e. The van der Waals surface area contributed by atoms with E-state index in [1.807, 2.05) is 26.2 Å². The van der Waals surface area contributed by atoms with Crippen molar-refractivity contribution in [2.75, 3.05) is 26.1 Å². The molecule has 0 aliphatic rings. The molecule has 0 fully saturated rings. The Bertz CT molecular complexity index is 1540. The van der Waals surface area contributed by atoms with Gasteiger partial charge in [-0.1, -0.05) is 66.2 Å². The summed E-state index contributed by atoms with van der Waals surface area (Å²) in [7, 11) is 5.67. The summed E-state index contributed by atoms with van der Waals surface area (Å²) in [6.45, 7) is 0. The highest BCUT2D eigenvalue weighted by molar-refractivity contribution is 6.30. The minimum absolute atomic E-state index is 0.0907. The first-order valence-corrected chi connectivity index (χ1v) is 11.6. The Kier molecular flexibility index (Phi) is 6.14. The van der Waals surface area contributed by atoms with Crippen molar-refractivity contribution in [1.82, 2.24) is 4.98 Å². The van der Waals surface area contributed by atoms with Crippen LogP contribution in [0.2, 0.25) is 5.02 Å². The summed E-state index contributed by atoms with van der Waals surface area (Å²) in [4.78, 5) is 6.65. The van der Waals surface area contributed by atoms with E-state index in [9.17, 15) is 4.39 Å². The van der Waals surface area contributed by atoms with Crippen molar-refractivity contribution in [2.45, 2.75) is 0 Å². The Morgan fingerprint density at radius 3 is 2.34 bits per heavy atom. The predicted octanol–water partition coefficient (Wildman–Crippen LogP) is 8.10. The maximum absolute atomic E-state index is 14.2. The number of ether oxygens (including phenoxy) is 1. The van der Waals surface area contributed by atoms with E-state index in [0.717, 1.165) is 38.9 Å². The molecule has 0 aliphatic heterocycles. The molecule has 3 nitrogen and oxygen atoms in total. The lowest BCUT2D eigenvalue weighted by Crippen LogP contribution is -2.08. The molecular formula is C30H24ClFN2O. The molecular weight excluding hydrogens is 459 g/mol. The summed E-state index contributed by atoms with van der Waals surface area (Å²) >= 11 is 5.90. The van der Waals surface area contributed by atoms with Crippen LogP contribution in [-0.2, 0) is 0 Å². The van der Waals surface area contributed by atoms with Crippen LogP contribution >= 0.6 is 11.6 Å². The van der Waals surface area contributed by atoms with E-state index < -0.39 is 5.82 Å². The first-order chi connectivity index (χ1) is 17.0. The Morgan fingerprint density at radius 1 is 0.771 bits per heavy atom. The molecule has 0 saturated carbocycles. The molecule has 0 spiro atoms. The highest BCUT2D eigenvalue weighted by atomic mass is 35.5. The smallest absolute Gasteiger partial charge is 0.221 e. The summed E-state index contributed by atoms with van der Waals surface area (Å²) in [5.74, 6) is 0.0376. The number of hydrogen-bond donors (Lipinski definition) is 0. The van der Waals surface area contributed by atoms with Gasteiger partial charge in [-0.2, -0.15) is 0 Å². The van der Waals surface area contributed by atoms with Crippen LogP contribution < -0.4 is 9.64 Å². The molecule has 0 aliphatic carbocycles. The van der Waals surface area contributed by atoms with Gasteiger partial charge in [0.25, 0.3) is 0 Å². The lowest BCUT2D eigenvalue weighted by molar-refractivity contribution is 0.400. The molecule has 1 heterocycles. The number of methoxy groups -OCH3 is 1. The maximum Gasteiger partial charge on any atom is 0.221 e. The fourth-order valence-electron chi connectivity index (χ4n) is 4.37. The number of pyridine rings is 1. The van der Waals surface area contributed by atoms with Crippen molar-refractivity contribution in [3.05, 3.63) is 102 Å². The van der Waals surface area contributed by atoms with Gasteiger partial charge in [0.15, 0.2) is 0 Å². The van der Waals surface area contributed by atoms with E-state index >= 15 is 0 Å². The van der Waals surface area contributed by atoms with E-state index in [4.69, 9.17) is 16.3 Å². The summed E-state index contributed by atoms with van der Waals surface area (Å²) in [6.07, 6.45) is 1.69. The normalized spacial score (nSPS) is 11.0. The van der Waals surface area contributed by atoms with Gasteiger partial charge in [0, 0.05) is 37.1 Å². The Hall–Kier alpha value is -3.89. The molecule has 35 heavy (non-hydrogen) atoms. The highest BCUT2D eigenvalue weighted by Crippen LogP contribution is 2.42. The van der Waals surface area contributed by atoms with E-state index in [1.54, 1.807) is 25.4 Å². The average Bonchev–Trinajstić information content (AvgIpc) is 2.89. The van der Waals surface area contributed by atoms with Crippen LogP contribution in [0.3, 0.4) is 0 Å². The van der Waals surface area contributed by atoms with Crippen molar-refractivity contribution < 1.29 is 9.13 Å². The van der Waals surface area contributed by atoms with Gasteiger partial charge >= 0.3 is 0 Å². The van der Waals surface area contributed by atoms with Gasteiger partial charge in [0.05, 0.1) is 12.1 Å². The Morgan fingerprint density at radius 2 is 1.57 bits per heavy atom. The van der Waals surface area contributed by atoms with Gasteiger partial charge in [-0.25, -0.2) is 9.37 Å². The summed E-state index contributed by atoms with van der Waals surface area (Å²) < 4.78 is 19.9. The molecule has 0 atom stereocenters. The van der Waals surface area contributed by atoms with Gasteiger partial charge < -0.3 is 9.64 Å². The third-order valence-corrected chi connectivity index (χ3v) is 6.49. The quantitative estimate of drug-likeness (QED) is 0.253. The van der Waals surface area contributed by atoms with Crippen LogP contribution in [0.1, 0.15) is 0 Å². The van der Waals surface area contributed by atoms with Crippen LogP contribution in [0, 0.1) is 5.82 Å². The van der Waals surface area contributed by atoms with Crippen molar-refractivity contribution in [3.8, 4) is 39.3 Å². The zero-order valence-electron chi connectivity index (χ0n) is 19.7. The highest BCUT2D eigenvalue weighted by Gasteiger charge is 2.17.